The van der Waals surface area contributed by atoms with Gasteiger partial charge in [0.25, 0.3) is 0 Å². The maximum Gasteiger partial charge on any atom is 0.341 e. The van der Waals surface area contributed by atoms with Crippen molar-refractivity contribution in [2.45, 2.75) is 13.3 Å². The van der Waals surface area contributed by atoms with Crippen molar-refractivity contribution in [2.75, 3.05) is 19.8 Å². The molecule has 0 atom stereocenters. The van der Waals surface area contributed by atoms with Gasteiger partial charge >= 0.3 is 5.97 Å². The molecule has 0 aliphatic rings. The molecule has 0 radical (unpaired) electrons. The van der Waals surface area contributed by atoms with E-state index in [4.69, 9.17) is 20.3 Å². The van der Waals surface area contributed by atoms with Gasteiger partial charge in [-0.05, 0) is 55.3 Å². The van der Waals surface area contributed by atoms with E-state index in [1.807, 2.05) is 25.1 Å². The molecule has 2 aromatic rings. The minimum atomic E-state index is -1.07. The van der Waals surface area contributed by atoms with Crippen molar-refractivity contribution in [2.24, 2.45) is 5.73 Å². The fourth-order valence-corrected chi connectivity index (χ4v) is 2.47. The van der Waals surface area contributed by atoms with Crippen LogP contribution in [0.5, 0.6) is 11.5 Å². The number of carbonyl (C=O) groups excluding carboxylic acids is 1. The summed E-state index contributed by atoms with van der Waals surface area (Å²) in [5.74, 6) is -0.405. The van der Waals surface area contributed by atoms with E-state index in [0.29, 0.717) is 30.2 Å². The predicted molar refractivity (Wildman–Crippen MR) is 103 cm³/mol. The van der Waals surface area contributed by atoms with Crippen LogP contribution in [0.2, 0.25) is 0 Å². The summed E-state index contributed by atoms with van der Waals surface area (Å²) in [6.45, 7) is 2.31. The monoisotopic (exact) mass is 369 g/mol. The molecule has 6 heteroatoms. The van der Waals surface area contributed by atoms with Crippen molar-refractivity contribution in [1.82, 2.24) is 0 Å². The molecule has 142 valence electrons. The van der Waals surface area contributed by atoms with Gasteiger partial charge in [-0.15, -0.1) is 0 Å². The van der Waals surface area contributed by atoms with Gasteiger partial charge < -0.3 is 20.3 Å². The molecule has 0 saturated heterocycles. The van der Waals surface area contributed by atoms with Crippen LogP contribution in [-0.4, -0.2) is 36.6 Å². The Bertz CT molecular complexity index is 829. The third-order valence-corrected chi connectivity index (χ3v) is 3.69. The van der Waals surface area contributed by atoms with Crippen LogP contribution in [-0.2, 0) is 11.2 Å². The van der Waals surface area contributed by atoms with Crippen LogP contribution in [0.1, 0.15) is 28.4 Å². The third-order valence-electron chi connectivity index (χ3n) is 3.69. The molecular weight excluding hydrogens is 346 g/mol. The average molecular weight is 369 g/mol. The first-order valence-electron chi connectivity index (χ1n) is 8.66. The second-order valence-corrected chi connectivity index (χ2v) is 5.76. The Labute approximate surface area is 158 Å². The summed E-state index contributed by atoms with van der Waals surface area (Å²) in [7, 11) is 0. The van der Waals surface area contributed by atoms with Gasteiger partial charge in [0.2, 0.25) is 0 Å². The number of hydrogen-bond acceptors (Lipinski definition) is 5. The molecule has 0 fully saturated rings. The van der Waals surface area contributed by atoms with E-state index in [1.54, 1.807) is 30.3 Å². The first-order chi connectivity index (χ1) is 13.0. The molecule has 27 heavy (non-hydrogen) atoms. The lowest BCUT2D eigenvalue weighted by molar-refractivity contribution is -0.139. The number of hydrogen-bond donors (Lipinski definition) is 2. The van der Waals surface area contributed by atoms with Crippen LogP contribution in [0, 0.1) is 0 Å². The molecule has 6 nitrogen and oxygen atoms in total. The summed E-state index contributed by atoms with van der Waals surface area (Å²) in [6.07, 6.45) is 3.90. The molecule has 0 heterocycles. The van der Waals surface area contributed by atoms with Crippen molar-refractivity contribution in [1.29, 1.82) is 0 Å². The van der Waals surface area contributed by atoms with E-state index in [-0.39, 0.29) is 5.78 Å². The Morgan fingerprint density at radius 1 is 1.11 bits per heavy atom. The Morgan fingerprint density at radius 2 is 1.93 bits per heavy atom. The number of ether oxygens (including phenoxy) is 2. The predicted octanol–water partition coefficient (Wildman–Crippen LogP) is 2.95. The molecule has 0 unspecified atom stereocenters. The van der Waals surface area contributed by atoms with E-state index in [1.165, 1.54) is 6.08 Å². The molecule has 0 aliphatic carbocycles. The van der Waals surface area contributed by atoms with E-state index >= 15 is 0 Å². The summed E-state index contributed by atoms with van der Waals surface area (Å²) in [5, 5.41) is 8.74. The van der Waals surface area contributed by atoms with Crippen molar-refractivity contribution in [3.8, 4) is 11.5 Å². The topological polar surface area (TPSA) is 98.9 Å². The largest absolute Gasteiger partial charge is 0.490 e. The lowest BCUT2D eigenvalue weighted by Gasteiger charge is -2.11. The van der Waals surface area contributed by atoms with E-state index in [0.717, 1.165) is 17.5 Å². The molecule has 0 bridgehead atoms. The maximum absolute atomic E-state index is 12.4. The minimum Gasteiger partial charge on any atom is -0.490 e. The Balaban J connectivity index is 2.15. The number of carboxylic acids is 1. The van der Waals surface area contributed by atoms with Crippen LogP contribution >= 0.6 is 0 Å². The fraction of sp³-hybridized carbons (Fsp3) is 0.238. The van der Waals surface area contributed by atoms with Gasteiger partial charge in [-0.3, -0.25) is 4.79 Å². The number of allylic oxidation sites excluding steroid dienone is 1. The molecule has 0 saturated carbocycles. The van der Waals surface area contributed by atoms with Crippen molar-refractivity contribution in [3.63, 3.8) is 0 Å². The van der Waals surface area contributed by atoms with Gasteiger partial charge in [0.05, 0.1) is 6.61 Å². The highest BCUT2D eigenvalue weighted by Gasteiger charge is 2.08. The Morgan fingerprint density at radius 3 is 2.63 bits per heavy atom. The molecular formula is C21H23NO5. The maximum atomic E-state index is 12.4. The summed E-state index contributed by atoms with van der Waals surface area (Å²) in [4.78, 5) is 23.1. The number of ketones is 1. The molecule has 0 amide bonds. The second kappa shape index (κ2) is 10.1. The van der Waals surface area contributed by atoms with E-state index in [2.05, 4.69) is 0 Å². The highest BCUT2D eigenvalue weighted by Crippen LogP contribution is 2.29. The lowest BCUT2D eigenvalue weighted by atomic mass is 10.0. The fourth-order valence-electron chi connectivity index (χ4n) is 2.47. The van der Waals surface area contributed by atoms with E-state index < -0.39 is 12.6 Å². The standard InChI is InChI=1S/C21H23NO5/c1-2-26-20-13-16(7-9-19(20)27-14-21(24)25)6-8-18(23)17-5-3-4-15(12-17)10-11-22/h3-9,12-13H,2,10-11,14,22H2,1H3,(H,24,25)/b8-6+. The van der Waals surface area contributed by atoms with Gasteiger partial charge in [0.1, 0.15) is 0 Å². The first-order valence-corrected chi connectivity index (χ1v) is 8.66. The van der Waals surface area contributed by atoms with Gasteiger partial charge in [-0.1, -0.05) is 30.3 Å². The number of aliphatic carboxylic acids is 1. The summed E-state index contributed by atoms with van der Waals surface area (Å²) < 4.78 is 10.7. The molecule has 3 N–H and O–H groups in total. The number of benzene rings is 2. The zero-order chi connectivity index (χ0) is 19.6. The quantitative estimate of drug-likeness (QED) is 0.493. The van der Waals surface area contributed by atoms with Crippen LogP contribution < -0.4 is 15.2 Å². The van der Waals surface area contributed by atoms with Gasteiger partial charge in [-0.25, -0.2) is 4.79 Å². The third kappa shape index (κ3) is 6.27. The van der Waals surface area contributed by atoms with Crippen molar-refractivity contribution < 1.29 is 24.2 Å². The molecule has 2 aromatic carbocycles. The zero-order valence-electron chi connectivity index (χ0n) is 15.2. The highest BCUT2D eigenvalue weighted by molar-refractivity contribution is 6.06. The number of rotatable bonds is 10. The minimum absolute atomic E-state index is 0.113. The summed E-state index contributed by atoms with van der Waals surface area (Å²) in [5.41, 5.74) is 7.92. The van der Waals surface area contributed by atoms with E-state index in [9.17, 15) is 9.59 Å². The van der Waals surface area contributed by atoms with Crippen LogP contribution in [0.15, 0.2) is 48.5 Å². The number of nitrogens with two attached hydrogens (primary N) is 1. The number of carboxylic acid groups (broad SMARTS) is 1. The SMILES string of the molecule is CCOc1cc(/C=C/C(=O)c2cccc(CCN)c2)ccc1OCC(=O)O. The van der Waals surface area contributed by atoms with Gasteiger partial charge in [0.15, 0.2) is 23.9 Å². The normalized spacial score (nSPS) is 10.7. The van der Waals surface area contributed by atoms with Crippen molar-refractivity contribution in [3.05, 3.63) is 65.2 Å². The first kappa shape index (κ1) is 20.2. The van der Waals surface area contributed by atoms with Crippen LogP contribution in [0.3, 0.4) is 0 Å². The molecule has 2 rings (SSSR count). The molecule has 0 aliphatic heterocycles. The molecule has 0 aromatic heterocycles. The lowest BCUT2D eigenvalue weighted by Crippen LogP contribution is -2.10. The summed E-state index contributed by atoms with van der Waals surface area (Å²) in [6, 6.07) is 12.4. The molecule has 0 spiro atoms. The number of carbonyl (C=O) groups is 2. The zero-order valence-corrected chi connectivity index (χ0v) is 15.2. The summed E-state index contributed by atoms with van der Waals surface area (Å²) >= 11 is 0. The Hall–Kier alpha value is -3.12. The average Bonchev–Trinajstić information content (AvgIpc) is 2.66. The highest BCUT2D eigenvalue weighted by atomic mass is 16.5. The van der Waals surface area contributed by atoms with Crippen molar-refractivity contribution >= 4 is 17.8 Å². The second-order valence-electron chi connectivity index (χ2n) is 5.76. The van der Waals surface area contributed by atoms with Gasteiger partial charge in [0, 0.05) is 5.56 Å². The smallest absolute Gasteiger partial charge is 0.341 e. The Kier molecular flexibility index (Phi) is 7.58. The van der Waals surface area contributed by atoms with Crippen LogP contribution in [0.25, 0.3) is 6.08 Å². The van der Waals surface area contributed by atoms with Crippen LogP contribution in [0.4, 0.5) is 0 Å². The van der Waals surface area contributed by atoms with Gasteiger partial charge in [-0.2, -0.15) is 0 Å².